The van der Waals surface area contributed by atoms with Gasteiger partial charge in [0.25, 0.3) is 0 Å². The van der Waals surface area contributed by atoms with E-state index in [0.29, 0.717) is 5.90 Å². The van der Waals surface area contributed by atoms with Crippen molar-refractivity contribution in [2.45, 2.75) is 6.04 Å². The van der Waals surface area contributed by atoms with E-state index >= 15 is 0 Å². The maximum absolute atomic E-state index is 11.3. The Bertz CT molecular complexity index is 438. The number of esters is 1. The summed E-state index contributed by atoms with van der Waals surface area (Å²) in [5, 5.41) is 0. The van der Waals surface area contributed by atoms with E-state index in [1.165, 1.54) is 7.11 Å². The molecule has 2 rings (SSSR count). The van der Waals surface area contributed by atoms with E-state index in [0.717, 1.165) is 11.3 Å². The predicted octanol–water partition coefficient (Wildman–Crippen LogP) is 1.01. The molecule has 1 aromatic carbocycles. The molecule has 5 heteroatoms. The summed E-state index contributed by atoms with van der Waals surface area (Å²) >= 11 is 0. The van der Waals surface area contributed by atoms with Gasteiger partial charge in [0, 0.05) is 5.56 Å². The second-order valence-electron chi connectivity index (χ2n) is 3.51. The fourth-order valence-electron chi connectivity index (χ4n) is 1.52. The van der Waals surface area contributed by atoms with Crippen molar-refractivity contribution in [1.82, 2.24) is 0 Å². The molecular weight excluding hydrogens is 222 g/mol. The van der Waals surface area contributed by atoms with Gasteiger partial charge in [0.1, 0.15) is 12.4 Å². The predicted molar refractivity (Wildman–Crippen MR) is 61.3 cm³/mol. The van der Waals surface area contributed by atoms with Crippen LogP contribution in [0.4, 0.5) is 0 Å². The minimum atomic E-state index is -0.558. The molecule has 0 N–H and O–H groups in total. The lowest BCUT2D eigenvalue weighted by atomic mass is 10.2. The van der Waals surface area contributed by atoms with Gasteiger partial charge in [0.2, 0.25) is 5.90 Å². The molecule has 0 radical (unpaired) electrons. The molecule has 5 nitrogen and oxygen atoms in total. The Balaban J connectivity index is 2.15. The van der Waals surface area contributed by atoms with E-state index in [1.54, 1.807) is 7.11 Å². The van der Waals surface area contributed by atoms with Gasteiger partial charge in [0.15, 0.2) is 6.04 Å². The standard InChI is InChI=1S/C12H13NO4/c1-15-9-5-3-8(4-6-9)11-13-10(7-17-11)12(14)16-2/h3-6,10H,7H2,1-2H3/t10-/m0/s1. The lowest BCUT2D eigenvalue weighted by Crippen LogP contribution is -2.21. The molecule has 0 spiro atoms. The van der Waals surface area contributed by atoms with Crippen LogP contribution >= 0.6 is 0 Å². The molecule has 1 aromatic rings. The van der Waals surface area contributed by atoms with Crippen LogP contribution in [0.25, 0.3) is 0 Å². The minimum Gasteiger partial charge on any atom is -0.497 e. The molecular formula is C12H13NO4. The first-order chi connectivity index (χ1) is 8.24. The summed E-state index contributed by atoms with van der Waals surface area (Å²) in [5.74, 6) is 0.841. The van der Waals surface area contributed by atoms with Crippen molar-refractivity contribution in [2.75, 3.05) is 20.8 Å². The molecule has 0 unspecified atom stereocenters. The van der Waals surface area contributed by atoms with E-state index in [1.807, 2.05) is 24.3 Å². The number of rotatable bonds is 3. The van der Waals surface area contributed by atoms with Gasteiger partial charge < -0.3 is 14.2 Å². The van der Waals surface area contributed by atoms with Crippen molar-refractivity contribution >= 4 is 11.9 Å². The first-order valence-electron chi connectivity index (χ1n) is 5.17. The molecule has 0 amide bonds. The molecule has 0 saturated heterocycles. The van der Waals surface area contributed by atoms with E-state index in [9.17, 15) is 4.79 Å². The second-order valence-corrected chi connectivity index (χ2v) is 3.51. The fraction of sp³-hybridized carbons (Fsp3) is 0.333. The van der Waals surface area contributed by atoms with Crippen LogP contribution in [-0.2, 0) is 14.3 Å². The average Bonchev–Trinajstić information content (AvgIpc) is 2.87. The Morgan fingerprint density at radius 3 is 2.65 bits per heavy atom. The second kappa shape index (κ2) is 4.86. The highest BCUT2D eigenvalue weighted by Gasteiger charge is 2.27. The fourth-order valence-corrected chi connectivity index (χ4v) is 1.52. The smallest absolute Gasteiger partial charge is 0.334 e. The molecule has 0 saturated carbocycles. The normalized spacial score (nSPS) is 18.2. The maximum atomic E-state index is 11.3. The van der Waals surface area contributed by atoms with Crippen molar-refractivity contribution in [3.8, 4) is 5.75 Å². The lowest BCUT2D eigenvalue weighted by molar-refractivity contribution is -0.142. The number of nitrogens with zero attached hydrogens (tertiary/aromatic N) is 1. The zero-order valence-electron chi connectivity index (χ0n) is 9.67. The molecule has 0 fully saturated rings. The van der Waals surface area contributed by atoms with Gasteiger partial charge >= 0.3 is 5.97 Å². The number of ether oxygens (including phenoxy) is 3. The van der Waals surface area contributed by atoms with Crippen LogP contribution in [0.15, 0.2) is 29.3 Å². The van der Waals surface area contributed by atoms with Crippen LogP contribution in [0.5, 0.6) is 5.75 Å². The minimum absolute atomic E-state index is 0.230. The van der Waals surface area contributed by atoms with Crippen molar-refractivity contribution < 1.29 is 19.0 Å². The van der Waals surface area contributed by atoms with E-state index < -0.39 is 6.04 Å². The Labute approximate surface area is 99.0 Å². The van der Waals surface area contributed by atoms with Gasteiger partial charge in [-0.25, -0.2) is 9.79 Å². The van der Waals surface area contributed by atoms with Gasteiger partial charge in [-0.15, -0.1) is 0 Å². The largest absolute Gasteiger partial charge is 0.497 e. The van der Waals surface area contributed by atoms with Crippen molar-refractivity contribution in [3.63, 3.8) is 0 Å². The van der Waals surface area contributed by atoms with E-state index in [-0.39, 0.29) is 12.6 Å². The molecule has 0 aliphatic carbocycles. The quantitative estimate of drug-likeness (QED) is 0.734. The van der Waals surface area contributed by atoms with Crippen LogP contribution in [-0.4, -0.2) is 38.7 Å². The van der Waals surface area contributed by atoms with Crippen LogP contribution in [0.3, 0.4) is 0 Å². The van der Waals surface area contributed by atoms with Crippen LogP contribution in [0, 0.1) is 0 Å². The third kappa shape index (κ3) is 2.38. The average molecular weight is 235 g/mol. The highest BCUT2D eigenvalue weighted by Crippen LogP contribution is 2.16. The van der Waals surface area contributed by atoms with Crippen LogP contribution < -0.4 is 4.74 Å². The van der Waals surface area contributed by atoms with Gasteiger partial charge in [-0.05, 0) is 24.3 Å². The monoisotopic (exact) mass is 235 g/mol. The Morgan fingerprint density at radius 2 is 2.06 bits per heavy atom. The first-order valence-corrected chi connectivity index (χ1v) is 5.17. The zero-order chi connectivity index (χ0) is 12.3. The molecule has 17 heavy (non-hydrogen) atoms. The molecule has 0 bridgehead atoms. The number of aliphatic imine (C=N–C) groups is 1. The maximum Gasteiger partial charge on any atom is 0.334 e. The van der Waals surface area contributed by atoms with Gasteiger partial charge in [-0.3, -0.25) is 0 Å². The SMILES string of the molecule is COC(=O)[C@@H]1COC(c2ccc(OC)cc2)=N1. The summed E-state index contributed by atoms with van der Waals surface area (Å²) in [6, 6.07) is 6.73. The van der Waals surface area contributed by atoms with Crippen LogP contribution in [0.2, 0.25) is 0 Å². The summed E-state index contributed by atoms with van der Waals surface area (Å²) in [4.78, 5) is 15.4. The van der Waals surface area contributed by atoms with Crippen LogP contribution in [0.1, 0.15) is 5.56 Å². The third-order valence-electron chi connectivity index (χ3n) is 2.46. The van der Waals surface area contributed by atoms with E-state index in [4.69, 9.17) is 9.47 Å². The summed E-state index contributed by atoms with van der Waals surface area (Å²) in [5.41, 5.74) is 0.817. The number of carbonyl (C=O) groups is 1. The van der Waals surface area contributed by atoms with Crippen molar-refractivity contribution in [1.29, 1.82) is 0 Å². The molecule has 1 atom stereocenters. The summed E-state index contributed by atoms with van der Waals surface area (Å²) < 4.78 is 15.0. The number of methoxy groups -OCH3 is 2. The topological polar surface area (TPSA) is 57.1 Å². The summed E-state index contributed by atoms with van der Waals surface area (Å²) in [7, 11) is 2.94. The molecule has 0 aromatic heterocycles. The summed E-state index contributed by atoms with van der Waals surface area (Å²) in [6.45, 7) is 0.230. The third-order valence-corrected chi connectivity index (χ3v) is 2.46. The molecule has 1 aliphatic rings. The lowest BCUT2D eigenvalue weighted by Gasteiger charge is -2.02. The Hall–Kier alpha value is -2.04. The number of carbonyl (C=O) groups excluding carboxylic acids is 1. The van der Waals surface area contributed by atoms with Gasteiger partial charge in [-0.1, -0.05) is 0 Å². The Kier molecular flexibility index (Phi) is 3.27. The van der Waals surface area contributed by atoms with Gasteiger partial charge in [0.05, 0.1) is 14.2 Å². The van der Waals surface area contributed by atoms with E-state index in [2.05, 4.69) is 9.73 Å². The molecule has 1 aliphatic heterocycles. The number of hydrogen-bond acceptors (Lipinski definition) is 5. The highest BCUT2D eigenvalue weighted by atomic mass is 16.5. The number of benzene rings is 1. The van der Waals surface area contributed by atoms with Crippen molar-refractivity contribution in [2.24, 2.45) is 4.99 Å². The number of hydrogen-bond donors (Lipinski definition) is 0. The zero-order valence-corrected chi connectivity index (χ0v) is 9.67. The van der Waals surface area contributed by atoms with Crippen molar-refractivity contribution in [3.05, 3.63) is 29.8 Å². The van der Waals surface area contributed by atoms with Gasteiger partial charge in [-0.2, -0.15) is 0 Å². The molecule has 90 valence electrons. The Morgan fingerprint density at radius 1 is 1.35 bits per heavy atom. The molecule has 1 heterocycles. The highest BCUT2D eigenvalue weighted by molar-refractivity contribution is 5.97. The first kappa shape index (κ1) is 11.4. The summed E-state index contributed by atoms with van der Waals surface area (Å²) in [6.07, 6.45) is 0.